The second-order valence-corrected chi connectivity index (χ2v) is 2.79. The van der Waals surface area contributed by atoms with Crippen LogP contribution in [-0.2, 0) is 4.74 Å². The molecule has 0 spiro atoms. The van der Waals surface area contributed by atoms with Gasteiger partial charge in [0.1, 0.15) is 11.2 Å². The first-order valence-electron chi connectivity index (χ1n) is 4.12. The van der Waals surface area contributed by atoms with E-state index < -0.39 is 0 Å². The van der Waals surface area contributed by atoms with Crippen LogP contribution in [0.1, 0.15) is 18.1 Å². The van der Waals surface area contributed by atoms with E-state index in [0.29, 0.717) is 17.7 Å². The summed E-state index contributed by atoms with van der Waals surface area (Å²) >= 11 is 5.73. The molecule has 14 heavy (non-hydrogen) atoms. The quantitative estimate of drug-likeness (QED) is 0.567. The zero-order valence-electron chi connectivity index (χ0n) is 7.70. The molecule has 72 valence electrons. The van der Waals surface area contributed by atoms with Crippen LogP contribution in [0.5, 0.6) is 0 Å². The van der Waals surface area contributed by atoms with Crippen LogP contribution in [0.3, 0.4) is 0 Å². The van der Waals surface area contributed by atoms with Crippen LogP contribution < -0.4 is 0 Å². The molecule has 0 bridgehead atoms. The zero-order valence-corrected chi connectivity index (χ0v) is 8.45. The van der Waals surface area contributed by atoms with Crippen molar-refractivity contribution in [1.82, 2.24) is 4.98 Å². The number of nitriles is 1. The average Bonchev–Trinajstić information content (AvgIpc) is 2.18. The molecule has 1 aromatic rings. The number of aromatic nitrogens is 1. The van der Waals surface area contributed by atoms with Gasteiger partial charge in [-0.05, 0) is 24.6 Å². The molecule has 3 nitrogen and oxygen atoms in total. The number of hydrogen-bond acceptors (Lipinski definition) is 3. The van der Waals surface area contributed by atoms with Crippen molar-refractivity contribution in [1.29, 1.82) is 5.26 Å². The Hall–Kier alpha value is -1.53. The number of halogens is 1. The van der Waals surface area contributed by atoms with E-state index in [2.05, 4.69) is 4.98 Å². The van der Waals surface area contributed by atoms with Crippen LogP contribution in [0, 0.1) is 11.3 Å². The molecule has 0 fully saturated rings. The molecule has 0 radical (unpaired) electrons. The first-order valence-corrected chi connectivity index (χ1v) is 4.50. The molecule has 1 aromatic heterocycles. The third-order valence-electron chi connectivity index (χ3n) is 1.56. The molecular weight excluding hydrogens is 200 g/mol. The molecule has 0 N–H and O–H groups in total. The highest BCUT2D eigenvalue weighted by Gasteiger charge is 2.04. The highest BCUT2D eigenvalue weighted by Crippen LogP contribution is 2.17. The Morgan fingerprint density at radius 2 is 2.50 bits per heavy atom. The monoisotopic (exact) mass is 208 g/mol. The lowest BCUT2D eigenvalue weighted by Crippen LogP contribution is -1.87. The lowest BCUT2D eigenvalue weighted by atomic mass is 10.1. The highest BCUT2D eigenvalue weighted by molar-refractivity contribution is 6.30. The summed E-state index contributed by atoms with van der Waals surface area (Å²) < 4.78 is 5.02. The van der Waals surface area contributed by atoms with Crippen LogP contribution in [0.25, 0.3) is 6.08 Å². The minimum absolute atomic E-state index is 0.214. The van der Waals surface area contributed by atoms with E-state index in [4.69, 9.17) is 21.6 Å². The van der Waals surface area contributed by atoms with E-state index in [1.807, 2.05) is 13.0 Å². The predicted molar refractivity (Wildman–Crippen MR) is 54.6 cm³/mol. The number of nitrogens with zero attached hydrogens (tertiary/aromatic N) is 2. The van der Waals surface area contributed by atoms with Gasteiger partial charge in [0, 0.05) is 6.20 Å². The van der Waals surface area contributed by atoms with Gasteiger partial charge in [0.15, 0.2) is 0 Å². The average molecular weight is 209 g/mol. The van der Waals surface area contributed by atoms with Crippen molar-refractivity contribution in [2.75, 3.05) is 6.61 Å². The Balaban J connectivity index is 2.98. The largest absolute Gasteiger partial charge is 0.501 e. The minimum Gasteiger partial charge on any atom is -0.501 e. The lowest BCUT2D eigenvalue weighted by molar-refractivity contribution is 0.272. The van der Waals surface area contributed by atoms with Crippen LogP contribution in [0.4, 0.5) is 0 Å². The SMILES string of the molecule is CCOC=Cc1ccnc(Cl)c1C#N. The maximum absolute atomic E-state index is 8.81. The van der Waals surface area contributed by atoms with Gasteiger partial charge in [0.25, 0.3) is 0 Å². The molecule has 1 rings (SSSR count). The second kappa shape index (κ2) is 5.25. The smallest absolute Gasteiger partial charge is 0.147 e. The number of hydrogen-bond donors (Lipinski definition) is 0. The van der Waals surface area contributed by atoms with Crippen LogP contribution in [0.15, 0.2) is 18.5 Å². The van der Waals surface area contributed by atoms with Crippen LogP contribution in [0.2, 0.25) is 5.15 Å². The van der Waals surface area contributed by atoms with Gasteiger partial charge in [0.2, 0.25) is 0 Å². The van der Waals surface area contributed by atoms with Gasteiger partial charge in [0.05, 0.1) is 18.4 Å². The first kappa shape index (κ1) is 10.6. The van der Waals surface area contributed by atoms with Gasteiger partial charge in [-0.15, -0.1) is 0 Å². The van der Waals surface area contributed by atoms with Crippen molar-refractivity contribution in [3.8, 4) is 6.07 Å². The van der Waals surface area contributed by atoms with Crippen molar-refractivity contribution >= 4 is 17.7 Å². The summed E-state index contributed by atoms with van der Waals surface area (Å²) in [6.07, 6.45) is 4.77. The van der Waals surface area contributed by atoms with Gasteiger partial charge < -0.3 is 4.74 Å². The summed E-state index contributed by atoms with van der Waals surface area (Å²) in [6.45, 7) is 2.48. The molecule has 0 aliphatic carbocycles. The van der Waals surface area contributed by atoms with E-state index >= 15 is 0 Å². The maximum atomic E-state index is 8.81. The summed E-state index contributed by atoms with van der Waals surface area (Å²) in [6, 6.07) is 3.70. The van der Waals surface area contributed by atoms with Gasteiger partial charge in [-0.25, -0.2) is 4.98 Å². The van der Waals surface area contributed by atoms with Crippen LogP contribution >= 0.6 is 11.6 Å². The molecule has 0 amide bonds. The molecule has 0 saturated heterocycles. The Kier molecular flexibility index (Phi) is 3.96. The van der Waals surface area contributed by atoms with E-state index in [-0.39, 0.29) is 5.15 Å². The van der Waals surface area contributed by atoms with E-state index in [0.717, 1.165) is 0 Å². The van der Waals surface area contributed by atoms with Crippen molar-refractivity contribution in [2.45, 2.75) is 6.92 Å². The fourth-order valence-corrected chi connectivity index (χ4v) is 1.12. The number of ether oxygens (including phenoxy) is 1. The van der Waals surface area contributed by atoms with Crippen LogP contribution in [-0.4, -0.2) is 11.6 Å². The Morgan fingerprint density at radius 1 is 1.71 bits per heavy atom. The summed E-state index contributed by atoms with van der Waals surface area (Å²) in [5.74, 6) is 0. The van der Waals surface area contributed by atoms with Gasteiger partial charge in [-0.3, -0.25) is 0 Å². The first-order chi connectivity index (χ1) is 6.79. The Labute approximate surface area is 87.6 Å². The van der Waals surface area contributed by atoms with Crippen molar-refractivity contribution in [3.05, 3.63) is 34.8 Å². The molecule has 0 aromatic carbocycles. The third-order valence-corrected chi connectivity index (χ3v) is 1.85. The topological polar surface area (TPSA) is 45.9 Å². The number of rotatable bonds is 3. The summed E-state index contributed by atoms with van der Waals surface area (Å²) in [4.78, 5) is 3.81. The second-order valence-electron chi connectivity index (χ2n) is 2.44. The molecular formula is C10H9ClN2O. The predicted octanol–water partition coefficient (Wildman–Crippen LogP) is 2.61. The molecule has 1 heterocycles. The summed E-state index contributed by atoms with van der Waals surface area (Å²) in [5, 5.41) is 9.02. The van der Waals surface area contributed by atoms with Crippen molar-refractivity contribution in [3.63, 3.8) is 0 Å². The lowest BCUT2D eigenvalue weighted by Gasteiger charge is -1.98. The third kappa shape index (κ3) is 2.48. The molecule has 0 atom stereocenters. The summed E-state index contributed by atoms with van der Waals surface area (Å²) in [7, 11) is 0. The molecule has 0 aliphatic heterocycles. The van der Waals surface area contributed by atoms with Crippen molar-refractivity contribution < 1.29 is 4.74 Å². The Bertz CT molecular complexity index is 382. The Morgan fingerprint density at radius 3 is 3.14 bits per heavy atom. The van der Waals surface area contributed by atoms with Gasteiger partial charge in [-0.1, -0.05) is 11.6 Å². The molecule has 0 aliphatic rings. The minimum atomic E-state index is 0.214. The molecule has 0 saturated carbocycles. The fraction of sp³-hybridized carbons (Fsp3) is 0.200. The van der Waals surface area contributed by atoms with E-state index in [9.17, 15) is 0 Å². The van der Waals surface area contributed by atoms with Gasteiger partial charge >= 0.3 is 0 Å². The summed E-state index contributed by atoms with van der Waals surface area (Å²) in [5.41, 5.74) is 1.08. The van der Waals surface area contributed by atoms with Gasteiger partial charge in [-0.2, -0.15) is 5.26 Å². The normalized spacial score (nSPS) is 10.1. The van der Waals surface area contributed by atoms with E-state index in [1.54, 1.807) is 18.3 Å². The fourth-order valence-electron chi connectivity index (χ4n) is 0.917. The molecule has 0 unspecified atom stereocenters. The highest BCUT2D eigenvalue weighted by atomic mass is 35.5. The molecule has 4 heteroatoms. The maximum Gasteiger partial charge on any atom is 0.147 e. The van der Waals surface area contributed by atoms with E-state index in [1.165, 1.54) is 6.26 Å². The van der Waals surface area contributed by atoms with Crippen molar-refractivity contribution in [2.24, 2.45) is 0 Å². The standard InChI is InChI=1S/C10H9ClN2O/c1-2-14-6-4-8-3-5-13-10(11)9(8)7-12/h3-6H,2H2,1H3. The zero-order chi connectivity index (χ0) is 10.4. The number of pyridine rings is 1.